The molecule has 1 aromatic carbocycles. The fourth-order valence-electron chi connectivity index (χ4n) is 2.33. The van der Waals surface area contributed by atoms with E-state index in [-0.39, 0.29) is 12.6 Å². The van der Waals surface area contributed by atoms with Crippen LogP contribution in [0.3, 0.4) is 0 Å². The van der Waals surface area contributed by atoms with Gasteiger partial charge in [0.05, 0.1) is 24.6 Å². The number of para-hydroxylation sites is 2. The number of hydrogen-bond acceptors (Lipinski definition) is 5. The summed E-state index contributed by atoms with van der Waals surface area (Å²) >= 11 is 0. The second-order valence-electron chi connectivity index (χ2n) is 4.75. The standard InChI is InChI=1S/C15H22N2O3/c1-3-20-15(18)12-19-11-10-17-9-8-16(2)13-6-4-5-7-14(13)17/h4-7H,3,8-12H2,1-2H3. The number of likely N-dealkylation sites (N-methyl/N-ethyl adjacent to an activating group) is 1. The van der Waals surface area contributed by atoms with E-state index in [0.29, 0.717) is 13.2 Å². The predicted octanol–water partition coefficient (Wildman–Crippen LogP) is 1.52. The molecular weight excluding hydrogens is 256 g/mol. The van der Waals surface area contributed by atoms with Gasteiger partial charge in [-0.1, -0.05) is 12.1 Å². The molecule has 0 aromatic heterocycles. The SMILES string of the molecule is CCOC(=O)COCCN1CCN(C)c2ccccc21. The van der Waals surface area contributed by atoms with Crippen molar-refractivity contribution in [3.05, 3.63) is 24.3 Å². The molecule has 20 heavy (non-hydrogen) atoms. The highest BCUT2D eigenvalue weighted by Crippen LogP contribution is 2.31. The van der Waals surface area contributed by atoms with Crippen molar-refractivity contribution in [2.45, 2.75) is 6.92 Å². The van der Waals surface area contributed by atoms with E-state index in [1.54, 1.807) is 6.92 Å². The quantitative estimate of drug-likeness (QED) is 0.583. The van der Waals surface area contributed by atoms with E-state index in [2.05, 4.69) is 35.0 Å². The molecule has 0 fully saturated rings. The van der Waals surface area contributed by atoms with Crippen LogP contribution < -0.4 is 9.80 Å². The van der Waals surface area contributed by atoms with Gasteiger partial charge in [-0.25, -0.2) is 4.79 Å². The second-order valence-corrected chi connectivity index (χ2v) is 4.75. The lowest BCUT2D eigenvalue weighted by Crippen LogP contribution is -2.40. The molecule has 0 unspecified atom stereocenters. The summed E-state index contributed by atoms with van der Waals surface area (Å²) in [5, 5.41) is 0. The summed E-state index contributed by atoms with van der Waals surface area (Å²) in [4.78, 5) is 15.7. The van der Waals surface area contributed by atoms with Crippen molar-refractivity contribution in [3.8, 4) is 0 Å². The first kappa shape index (κ1) is 14.7. The molecule has 0 bridgehead atoms. The van der Waals surface area contributed by atoms with E-state index in [1.165, 1.54) is 11.4 Å². The van der Waals surface area contributed by atoms with Gasteiger partial charge in [0, 0.05) is 26.7 Å². The summed E-state index contributed by atoms with van der Waals surface area (Å²) < 4.78 is 10.2. The maximum Gasteiger partial charge on any atom is 0.332 e. The molecule has 0 radical (unpaired) electrons. The van der Waals surface area contributed by atoms with Crippen LogP contribution in [0.5, 0.6) is 0 Å². The van der Waals surface area contributed by atoms with Crippen LogP contribution in [0.25, 0.3) is 0 Å². The third-order valence-corrected chi connectivity index (χ3v) is 3.37. The zero-order chi connectivity index (χ0) is 14.4. The first-order valence-corrected chi connectivity index (χ1v) is 7.01. The number of rotatable bonds is 6. The van der Waals surface area contributed by atoms with Crippen LogP contribution in [0.4, 0.5) is 11.4 Å². The molecule has 1 aliphatic rings. The number of fused-ring (bicyclic) bond motifs is 1. The summed E-state index contributed by atoms with van der Waals surface area (Å²) in [5.74, 6) is -0.300. The average Bonchev–Trinajstić information content (AvgIpc) is 2.46. The maximum absolute atomic E-state index is 11.2. The highest BCUT2D eigenvalue weighted by Gasteiger charge is 2.19. The monoisotopic (exact) mass is 278 g/mol. The summed E-state index contributed by atoms with van der Waals surface area (Å²) in [6.07, 6.45) is 0. The van der Waals surface area contributed by atoms with Crippen molar-refractivity contribution in [3.63, 3.8) is 0 Å². The molecule has 2 rings (SSSR count). The third kappa shape index (κ3) is 3.63. The van der Waals surface area contributed by atoms with E-state index in [4.69, 9.17) is 9.47 Å². The van der Waals surface area contributed by atoms with Crippen LogP contribution in [0.2, 0.25) is 0 Å². The molecule has 0 amide bonds. The number of nitrogens with zero attached hydrogens (tertiary/aromatic N) is 2. The molecule has 0 spiro atoms. The maximum atomic E-state index is 11.2. The fraction of sp³-hybridized carbons (Fsp3) is 0.533. The van der Waals surface area contributed by atoms with Crippen LogP contribution in [-0.2, 0) is 14.3 Å². The largest absolute Gasteiger partial charge is 0.464 e. The Morgan fingerprint density at radius 1 is 1.25 bits per heavy atom. The summed E-state index contributed by atoms with van der Waals surface area (Å²) in [5.41, 5.74) is 2.46. The fourth-order valence-corrected chi connectivity index (χ4v) is 2.33. The minimum Gasteiger partial charge on any atom is -0.464 e. The van der Waals surface area contributed by atoms with Crippen LogP contribution in [0, 0.1) is 0 Å². The summed E-state index contributed by atoms with van der Waals surface area (Å²) in [6, 6.07) is 8.35. The van der Waals surface area contributed by atoms with Gasteiger partial charge in [0.1, 0.15) is 6.61 Å². The lowest BCUT2D eigenvalue weighted by molar-refractivity contribution is -0.148. The molecule has 5 nitrogen and oxygen atoms in total. The highest BCUT2D eigenvalue weighted by molar-refractivity contribution is 5.73. The average molecular weight is 278 g/mol. The molecule has 0 N–H and O–H groups in total. The number of hydrogen-bond donors (Lipinski definition) is 0. The van der Waals surface area contributed by atoms with Crippen molar-refractivity contribution in [1.82, 2.24) is 0 Å². The van der Waals surface area contributed by atoms with Gasteiger partial charge in [0.15, 0.2) is 0 Å². The molecule has 0 saturated carbocycles. The predicted molar refractivity (Wildman–Crippen MR) is 79.4 cm³/mol. The van der Waals surface area contributed by atoms with Gasteiger partial charge < -0.3 is 19.3 Å². The van der Waals surface area contributed by atoms with Gasteiger partial charge in [0.2, 0.25) is 0 Å². The molecular formula is C15H22N2O3. The number of benzene rings is 1. The Balaban J connectivity index is 1.82. The van der Waals surface area contributed by atoms with Crippen molar-refractivity contribution in [2.75, 3.05) is 56.3 Å². The molecule has 0 atom stereocenters. The van der Waals surface area contributed by atoms with E-state index >= 15 is 0 Å². The first-order chi connectivity index (χ1) is 9.72. The van der Waals surface area contributed by atoms with Gasteiger partial charge in [-0.15, -0.1) is 0 Å². The zero-order valence-corrected chi connectivity index (χ0v) is 12.2. The Morgan fingerprint density at radius 2 is 2.00 bits per heavy atom. The minimum absolute atomic E-state index is 0.0310. The smallest absolute Gasteiger partial charge is 0.332 e. The molecule has 110 valence electrons. The van der Waals surface area contributed by atoms with Crippen LogP contribution in [0.1, 0.15) is 6.92 Å². The molecule has 5 heteroatoms. The van der Waals surface area contributed by atoms with Gasteiger partial charge in [-0.3, -0.25) is 0 Å². The van der Waals surface area contributed by atoms with Gasteiger partial charge >= 0.3 is 5.97 Å². The topological polar surface area (TPSA) is 42.0 Å². The van der Waals surface area contributed by atoms with E-state index in [0.717, 1.165) is 19.6 Å². The van der Waals surface area contributed by atoms with Crippen molar-refractivity contribution in [1.29, 1.82) is 0 Å². The minimum atomic E-state index is -0.300. The molecule has 1 heterocycles. The Morgan fingerprint density at radius 3 is 2.75 bits per heavy atom. The van der Waals surface area contributed by atoms with Crippen LogP contribution >= 0.6 is 0 Å². The van der Waals surface area contributed by atoms with E-state index < -0.39 is 0 Å². The van der Waals surface area contributed by atoms with Gasteiger partial charge in [-0.2, -0.15) is 0 Å². The van der Waals surface area contributed by atoms with Crippen molar-refractivity contribution in [2.24, 2.45) is 0 Å². The van der Waals surface area contributed by atoms with E-state index in [9.17, 15) is 4.79 Å². The number of esters is 1. The second kappa shape index (κ2) is 7.14. The van der Waals surface area contributed by atoms with Crippen molar-refractivity contribution >= 4 is 17.3 Å². The number of ether oxygens (including phenoxy) is 2. The molecule has 1 aliphatic heterocycles. The number of carbonyl (C=O) groups excluding carboxylic acids is 1. The number of anilines is 2. The molecule has 1 aromatic rings. The zero-order valence-electron chi connectivity index (χ0n) is 12.2. The highest BCUT2D eigenvalue weighted by atomic mass is 16.6. The normalized spacial score (nSPS) is 14.1. The van der Waals surface area contributed by atoms with Gasteiger partial charge in [0.25, 0.3) is 0 Å². The lowest BCUT2D eigenvalue weighted by atomic mass is 10.2. The Hall–Kier alpha value is -1.75. The summed E-state index contributed by atoms with van der Waals surface area (Å²) in [7, 11) is 2.10. The number of carbonyl (C=O) groups is 1. The Bertz CT molecular complexity index is 450. The van der Waals surface area contributed by atoms with Crippen LogP contribution in [-0.4, -0.2) is 52.5 Å². The van der Waals surface area contributed by atoms with Gasteiger partial charge in [-0.05, 0) is 19.1 Å². The molecule has 0 aliphatic carbocycles. The Labute approximate surface area is 120 Å². The summed E-state index contributed by atoms with van der Waals surface area (Å²) in [6.45, 7) is 5.49. The lowest BCUT2D eigenvalue weighted by Gasteiger charge is -2.36. The third-order valence-electron chi connectivity index (χ3n) is 3.37. The first-order valence-electron chi connectivity index (χ1n) is 7.01. The Kier molecular flexibility index (Phi) is 5.24. The molecule has 0 saturated heterocycles. The van der Waals surface area contributed by atoms with E-state index in [1.807, 2.05) is 6.07 Å². The van der Waals surface area contributed by atoms with Crippen molar-refractivity contribution < 1.29 is 14.3 Å². The van der Waals surface area contributed by atoms with Crippen LogP contribution in [0.15, 0.2) is 24.3 Å².